The molecule has 0 bridgehead atoms. The lowest BCUT2D eigenvalue weighted by molar-refractivity contribution is 0.405. The molecule has 0 saturated heterocycles. The number of ether oxygens (including phenoxy) is 1. The predicted molar refractivity (Wildman–Crippen MR) is 83.9 cm³/mol. The first-order valence-electron chi connectivity index (χ1n) is 7.35. The Morgan fingerprint density at radius 3 is 2.74 bits per heavy atom. The molecule has 106 valence electrons. The third-order valence-corrected chi connectivity index (χ3v) is 4.59. The van der Waals surface area contributed by atoms with E-state index >= 15 is 0 Å². The molecule has 1 aromatic carbocycles. The Kier molecular flexibility index (Phi) is 5.71. The van der Waals surface area contributed by atoms with Crippen LogP contribution < -0.4 is 10.5 Å². The second kappa shape index (κ2) is 7.30. The second-order valence-corrected chi connectivity index (χ2v) is 6.17. The molecule has 0 aliphatic heterocycles. The van der Waals surface area contributed by atoms with Gasteiger partial charge in [0.25, 0.3) is 0 Å². The van der Waals surface area contributed by atoms with Crippen molar-refractivity contribution in [1.29, 1.82) is 0 Å². The average molecular weight is 326 g/mol. The normalized spacial score (nSPS) is 14.9. The number of halogens is 1. The molecule has 1 aliphatic carbocycles. The molecule has 0 fully saturated rings. The van der Waals surface area contributed by atoms with E-state index in [0.29, 0.717) is 0 Å². The molecular formula is C16H24BrNO. The van der Waals surface area contributed by atoms with Crippen LogP contribution >= 0.6 is 15.9 Å². The summed E-state index contributed by atoms with van der Waals surface area (Å²) >= 11 is 3.67. The van der Waals surface area contributed by atoms with E-state index in [2.05, 4.69) is 22.0 Å². The highest BCUT2D eigenvalue weighted by Crippen LogP contribution is 2.37. The van der Waals surface area contributed by atoms with Gasteiger partial charge in [0.05, 0.1) is 11.6 Å². The number of nitrogens with two attached hydrogens (primary N) is 1. The molecule has 0 amide bonds. The summed E-state index contributed by atoms with van der Waals surface area (Å²) in [6, 6.07) is 2.27. The van der Waals surface area contributed by atoms with Gasteiger partial charge in [-0.15, -0.1) is 0 Å². The Balaban J connectivity index is 2.37. The molecule has 0 spiro atoms. The first-order valence-corrected chi connectivity index (χ1v) is 8.14. The summed E-state index contributed by atoms with van der Waals surface area (Å²) in [4.78, 5) is 0. The molecule has 0 radical (unpaired) electrons. The van der Waals surface area contributed by atoms with Gasteiger partial charge in [0.1, 0.15) is 5.75 Å². The van der Waals surface area contributed by atoms with Gasteiger partial charge in [-0.05, 0) is 90.2 Å². The lowest BCUT2D eigenvalue weighted by atomic mass is 9.93. The number of hydrogen-bond donors (Lipinski definition) is 1. The quantitative estimate of drug-likeness (QED) is 0.655. The van der Waals surface area contributed by atoms with Gasteiger partial charge in [-0.25, -0.2) is 0 Å². The Bertz CT molecular complexity index is 431. The van der Waals surface area contributed by atoms with E-state index in [1.807, 2.05) is 0 Å². The SMILES string of the molecule is COc1c(Br)cc2c(c1CCCCN)CCCCC2. The maximum absolute atomic E-state index is 5.64. The van der Waals surface area contributed by atoms with Gasteiger partial charge in [0.2, 0.25) is 0 Å². The topological polar surface area (TPSA) is 35.2 Å². The second-order valence-electron chi connectivity index (χ2n) is 5.31. The summed E-state index contributed by atoms with van der Waals surface area (Å²) in [5.41, 5.74) is 10.1. The third-order valence-electron chi connectivity index (χ3n) is 4.00. The van der Waals surface area contributed by atoms with E-state index in [4.69, 9.17) is 10.5 Å². The molecule has 2 rings (SSSR count). The van der Waals surface area contributed by atoms with Gasteiger partial charge >= 0.3 is 0 Å². The van der Waals surface area contributed by atoms with Gasteiger partial charge in [-0.3, -0.25) is 0 Å². The fraction of sp³-hybridized carbons (Fsp3) is 0.625. The lowest BCUT2D eigenvalue weighted by Crippen LogP contribution is -2.05. The highest BCUT2D eigenvalue weighted by molar-refractivity contribution is 9.10. The smallest absolute Gasteiger partial charge is 0.136 e. The molecule has 1 aliphatic rings. The van der Waals surface area contributed by atoms with E-state index in [0.717, 1.165) is 36.0 Å². The zero-order valence-corrected chi connectivity index (χ0v) is 13.4. The maximum atomic E-state index is 5.64. The van der Waals surface area contributed by atoms with Gasteiger partial charge in [-0.2, -0.15) is 0 Å². The minimum absolute atomic E-state index is 0.776. The zero-order valence-electron chi connectivity index (χ0n) is 11.8. The first kappa shape index (κ1) is 14.9. The maximum Gasteiger partial charge on any atom is 0.136 e. The number of unbranched alkanes of at least 4 members (excludes halogenated alkanes) is 1. The van der Waals surface area contributed by atoms with Crippen LogP contribution in [-0.4, -0.2) is 13.7 Å². The van der Waals surface area contributed by atoms with Crippen molar-refractivity contribution in [3.05, 3.63) is 27.2 Å². The van der Waals surface area contributed by atoms with E-state index < -0.39 is 0 Å². The van der Waals surface area contributed by atoms with Crippen LogP contribution in [0.4, 0.5) is 0 Å². The van der Waals surface area contributed by atoms with E-state index in [-0.39, 0.29) is 0 Å². The summed E-state index contributed by atoms with van der Waals surface area (Å²) in [5.74, 6) is 1.04. The van der Waals surface area contributed by atoms with Gasteiger partial charge < -0.3 is 10.5 Å². The van der Waals surface area contributed by atoms with Crippen molar-refractivity contribution in [2.24, 2.45) is 5.73 Å². The van der Waals surface area contributed by atoms with Crippen LogP contribution in [0.5, 0.6) is 5.75 Å². The molecule has 0 saturated carbocycles. The number of fused-ring (bicyclic) bond motifs is 1. The van der Waals surface area contributed by atoms with Gasteiger partial charge in [0, 0.05) is 0 Å². The van der Waals surface area contributed by atoms with Crippen LogP contribution in [0.15, 0.2) is 10.5 Å². The van der Waals surface area contributed by atoms with Crippen molar-refractivity contribution in [2.45, 2.75) is 51.4 Å². The van der Waals surface area contributed by atoms with E-state index in [1.54, 1.807) is 12.7 Å². The minimum Gasteiger partial charge on any atom is -0.495 e. The molecule has 1 aromatic rings. The summed E-state index contributed by atoms with van der Waals surface area (Å²) < 4.78 is 6.75. The Hall–Kier alpha value is -0.540. The summed E-state index contributed by atoms with van der Waals surface area (Å²) in [6.45, 7) is 0.776. The number of rotatable bonds is 5. The molecule has 0 aromatic heterocycles. The van der Waals surface area contributed by atoms with Crippen LogP contribution in [0, 0.1) is 0 Å². The molecule has 0 unspecified atom stereocenters. The highest BCUT2D eigenvalue weighted by atomic mass is 79.9. The van der Waals surface area contributed by atoms with Gasteiger partial charge in [0.15, 0.2) is 0 Å². The van der Waals surface area contributed by atoms with Crippen molar-refractivity contribution in [3.8, 4) is 5.75 Å². The average Bonchev–Trinajstić information content (AvgIpc) is 2.64. The van der Waals surface area contributed by atoms with E-state index in [1.165, 1.54) is 43.2 Å². The van der Waals surface area contributed by atoms with Crippen molar-refractivity contribution in [1.82, 2.24) is 0 Å². The Morgan fingerprint density at radius 2 is 2.00 bits per heavy atom. The molecular weight excluding hydrogens is 302 g/mol. The molecule has 19 heavy (non-hydrogen) atoms. The van der Waals surface area contributed by atoms with E-state index in [9.17, 15) is 0 Å². The van der Waals surface area contributed by atoms with Gasteiger partial charge in [-0.1, -0.05) is 6.42 Å². The zero-order chi connectivity index (χ0) is 13.7. The minimum atomic E-state index is 0.776. The predicted octanol–water partition coefficient (Wildman–Crippen LogP) is 4.01. The monoisotopic (exact) mass is 325 g/mol. The molecule has 2 nitrogen and oxygen atoms in total. The number of methoxy groups -OCH3 is 1. The van der Waals surface area contributed by atoms with Crippen LogP contribution in [0.3, 0.4) is 0 Å². The standard InChI is InChI=1S/C16H24BrNO/c1-19-16-14(9-5-6-10-18)13-8-4-2-3-7-12(13)11-15(16)17/h11H,2-10,18H2,1H3. The largest absolute Gasteiger partial charge is 0.495 e. The summed E-state index contributed by atoms with van der Waals surface area (Å²) in [7, 11) is 1.77. The Labute approximate surface area is 124 Å². The molecule has 0 atom stereocenters. The first-order chi connectivity index (χ1) is 9.27. The summed E-state index contributed by atoms with van der Waals surface area (Å²) in [5, 5.41) is 0. The summed E-state index contributed by atoms with van der Waals surface area (Å²) in [6.07, 6.45) is 9.70. The Morgan fingerprint density at radius 1 is 1.21 bits per heavy atom. The van der Waals surface area contributed by atoms with Crippen LogP contribution in [0.25, 0.3) is 0 Å². The highest BCUT2D eigenvalue weighted by Gasteiger charge is 2.18. The molecule has 2 N–H and O–H groups in total. The number of hydrogen-bond acceptors (Lipinski definition) is 2. The van der Waals surface area contributed by atoms with Crippen molar-refractivity contribution in [3.63, 3.8) is 0 Å². The fourth-order valence-electron chi connectivity index (χ4n) is 3.04. The molecule has 0 heterocycles. The van der Waals surface area contributed by atoms with Crippen LogP contribution in [0.1, 0.15) is 48.8 Å². The number of aryl methyl sites for hydroxylation is 1. The van der Waals surface area contributed by atoms with Crippen LogP contribution in [-0.2, 0) is 19.3 Å². The lowest BCUT2D eigenvalue weighted by Gasteiger charge is -2.18. The number of benzene rings is 1. The van der Waals surface area contributed by atoms with Crippen molar-refractivity contribution in [2.75, 3.05) is 13.7 Å². The van der Waals surface area contributed by atoms with Crippen LogP contribution in [0.2, 0.25) is 0 Å². The van der Waals surface area contributed by atoms with Crippen molar-refractivity contribution >= 4 is 15.9 Å². The van der Waals surface area contributed by atoms with Crippen molar-refractivity contribution < 1.29 is 4.74 Å². The molecule has 3 heteroatoms. The fourth-order valence-corrected chi connectivity index (χ4v) is 3.72. The third kappa shape index (κ3) is 3.51.